The zero-order valence-corrected chi connectivity index (χ0v) is 14.5. The van der Waals surface area contributed by atoms with E-state index in [2.05, 4.69) is 10.2 Å². The molecule has 1 aromatic heterocycles. The number of benzene rings is 1. The van der Waals surface area contributed by atoms with E-state index >= 15 is 0 Å². The van der Waals surface area contributed by atoms with E-state index < -0.39 is 17.9 Å². The molecule has 1 aliphatic rings. The fourth-order valence-electron chi connectivity index (χ4n) is 2.78. The van der Waals surface area contributed by atoms with Gasteiger partial charge in [0.1, 0.15) is 17.6 Å². The highest BCUT2D eigenvalue weighted by atomic mass is 35.5. The number of carbonyl (C=O) groups excluding carboxylic acids is 1. The van der Waals surface area contributed by atoms with Gasteiger partial charge < -0.3 is 19.3 Å². The van der Waals surface area contributed by atoms with E-state index in [1.165, 1.54) is 4.90 Å². The third kappa shape index (κ3) is 3.43. The second-order valence-electron chi connectivity index (χ2n) is 5.85. The Kier molecular flexibility index (Phi) is 4.63. The molecule has 1 amide bonds. The van der Waals surface area contributed by atoms with Crippen molar-refractivity contribution in [3.05, 3.63) is 40.4 Å². The number of halogens is 1. The number of carboxylic acids is 1. The monoisotopic (exact) mass is 364 g/mol. The molecule has 1 aliphatic heterocycles. The molecule has 2 aromatic rings. The fraction of sp³-hybridized carbons (Fsp3) is 0.375. The molecule has 9 heteroatoms. The Morgan fingerprint density at radius 1 is 1.36 bits per heavy atom. The number of hydrogen-bond donors (Lipinski definition) is 1. The number of aliphatic carboxylic acids is 1. The van der Waals surface area contributed by atoms with Gasteiger partial charge in [-0.3, -0.25) is 4.79 Å². The maximum atomic E-state index is 12.5. The lowest BCUT2D eigenvalue weighted by atomic mass is 10.2. The highest BCUT2D eigenvalue weighted by Crippen LogP contribution is 2.23. The Labute approximate surface area is 149 Å². The van der Waals surface area contributed by atoms with Crippen molar-refractivity contribution in [1.82, 2.24) is 19.7 Å². The normalized spacial score (nSPS) is 16.4. The molecule has 25 heavy (non-hydrogen) atoms. The average Bonchev–Trinajstić information content (AvgIpc) is 2.93. The van der Waals surface area contributed by atoms with Gasteiger partial charge in [0.25, 0.3) is 5.91 Å². The van der Waals surface area contributed by atoms with Crippen molar-refractivity contribution in [2.24, 2.45) is 0 Å². The first kappa shape index (κ1) is 17.2. The van der Waals surface area contributed by atoms with Crippen LogP contribution in [0.5, 0.6) is 5.75 Å². The number of aryl methyl sites for hydroxylation is 2. The molecule has 0 saturated heterocycles. The molecule has 0 aliphatic carbocycles. The highest BCUT2D eigenvalue weighted by molar-refractivity contribution is 6.30. The molecule has 0 saturated carbocycles. The highest BCUT2D eigenvalue weighted by Gasteiger charge is 2.36. The molecule has 2 heterocycles. The van der Waals surface area contributed by atoms with E-state index in [0.717, 1.165) is 5.56 Å². The number of ether oxygens (including phenoxy) is 1. The number of nitrogens with zero attached hydrogens (tertiary/aromatic N) is 4. The van der Waals surface area contributed by atoms with Gasteiger partial charge in [-0.2, -0.15) is 0 Å². The lowest BCUT2D eigenvalue weighted by Gasteiger charge is -2.33. The molecule has 1 N–H and O–H groups in total. The number of fused-ring (bicyclic) bond motifs is 1. The topological polar surface area (TPSA) is 97.5 Å². The van der Waals surface area contributed by atoms with Crippen LogP contribution in [0.4, 0.5) is 0 Å². The molecule has 132 valence electrons. The van der Waals surface area contributed by atoms with Gasteiger partial charge in [-0.1, -0.05) is 11.6 Å². The van der Waals surface area contributed by atoms with Gasteiger partial charge in [0, 0.05) is 5.02 Å². The molecule has 3 rings (SSSR count). The Morgan fingerprint density at radius 2 is 2.12 bits per heavy atom. The number of rotatable bonds is 4. The summed E-state index contributed by atoms with van der Waals surface area (Å²) in [7, 11) is 0. The minimum absolute atomic E-state index is 0.0829. The summed E-state index contributed by atoms with van der Waals surface area (Å²) in [5.41, 5.74) is 0.795. The Morgan fingerprint density at radius 3 is 2.80 bits per heavy atom. The van der Waals surface area contributed by atoms with E-state index in [9.17, 15) is 14.7 Å². The first-order valence-electron chi connectivity index (χ1n) is 7.66. The SMILES string of the molecule is Cc1cc(Cl)ccc1OCC(=O)N1Cc2nnc(C)n2CC1C(=O)O. The standard InChI is InChI=1S/C16H17ClN4O4/c1-9-5-11(17)3-4-13(9)25-8-15(22)21-7-14-19-18-10(2)20(14)6-12(21)16(23)24/h3-5,12H,6-8H2,1-2H3,(H,23,24). The lowest BCUT2D eigenvalue weighted by Crippen LogP contribution is -2.52. The zero-order valence-electron chi connectivity index (χ0n) is 13.8. The molecule has 0 spiro atoms. The summed E-state index contributed by atoms with van der Waals surface area (Å²) >= 11 is 5.89. The van der Waals surface area contributed by atoms with Gasteiger partial charge in [-0.05, 0) is 37.6 Å². The summed E-state index contributed by atoms with van der Waals surface area (Å²) in [6, 6.07) is 4.09. The number of amides is 1. The Bertz CT molecular complexity index is 836. The van der Waals surface area contributed by atoms with Crippen LogP contribution in [-0.2, 0) is 22.7 Å². The van der Waals surface area contributed by atoms with Crippen LogP contribution >= 0.6 is 11.6 Å². The summed E-state index contributed by atoms with van der Waals surface area (Å²) in [5.74, 6) is 0.219. The van der Waals surface area contributed by atoms with E-state index in [1.807, 2.05) is 6.92 Å². The molecule has 0 fully saturated rings. The van der Waals surface area contributed by atoms with Gasteiger partial charge in [0.2, 0.25) is 0 Å². The van der Waals surface area contributed by atoms with Gasteiger partial charge in [-0.25, -0.2) is 4.79 Å². The number of carbonyl (C=O) groups is 2. The van der Waals surface area contributed by atoms with Crippen molar-refractivity contribution in [3.63, 3.8) is 0 Å². The summed E-state index contributed by atoms with van der Waals surface area (Å²) in [5, 5.41) is 18.0. The minimum Gasteiger partial charge on any atom is -0.483 e. The molecular weight excluding hydrogens is 348 g/mol. The lowest BCUT2D eigenvalue weighted by molar-refractivity contribution is -0.153. The first-order chi connectivity index (χ1) is 11.9. The maximum Gasteiger partial charge on any atom is 0.328 e. The van der Waals surface area contributed by atoms with Crippen LogP contribution in [0.25, 0.3) is 0 Å². The van der Waals surface area contributed by atoms with Crippen LogP contribution in [0, 0.1) is 13.8 Å². The summed E-state index contributed by atoms with van der Waals surface area (Å²) in [6.45, 7) is 3.51. The van der Waals surface area contributed by atoms with E-state index in [1.54, 1.807) is 29.7 Å². The predicted octanol–water partition coefficient (Wildman–Crippen LogP) is 1.42. The predicted molar refractivity (Wildman–Crippen MR) is 88.4 cm³/mol. The van der Waals surface area contributed by atoms with Gasteiger partial charge >= 0.3 is 5.97 Å². The molecule has 1 unspecified atom stereocenters. The number of aromatic nitrogens is 3. The van der Waals surface area contributed by atoms with Gasteiger partial charge in [-0.15, -0.1) is 10.2 Å². The van der Waals surface area contributed by atoms with Crippen molar-refractivity contribution in [2.75, 3.05) is 6.61 Å². The van der Waals surface area contributed by atoms with Crippen LogP contribution in [0.2, 0.25) is 5.02 Å². The molecule has 0 bridgehead atoms. The second-order valence-corrected chi connectivity index (χ2v) is 6.28. The third-order valence-corrected chi connectivity index (χ3v) is 4.38. The van der Waals surface area contributed by atoms with Crippen LogP contribution < -0.4 is 4.74 Å². The van der Waals surface area contributed by atoms with Crippen LogP contribution in [0.3, 0.4) is 0 Å². The van der Waals surface area contributed by atoms with E-state index in [0.29, 0.717) is 22.4 Å². The number of hydrogen-bond acceptors (Lipinski definition) is 5. The van der Waals surface area contributed by atoms with Crippen LogP contribution in [-0.4, -0.2) is 49.3 Å². The maximum absolute atomic E-state index is 12.5. The second kappa shape index (κ2) is 6.72. The third-order valence-electron chi connectivity index (χ3n) is 4.15. The number of carboxylic acid groups (broad SMARTS) is 1. The Hall–Kier alpha value is -2.61. The van der Waals surface area contributed by atoms with Crippen molar-refractivity contribution in [2.45, 2.75) is 33.0 Å². The molecular formula is C16H17ClN4O4. The van der Waals surface area contributed by atoms with Crippen molar-refractivity contribution in [1.29, 1.82) is 0 Å². The average molecular weight is 365 g/mol. The smallest absolute Gasteiger partial charge is 0.328 e. The molecule has 1 aromatic carbocycles. The van der Waals surface area contributed by atoms with Gasteiger partial charge in [0.05, 0.1) is 13.1 Å². The largest absolute Gasteiger partial charge is 0.483 e. The summed E-state index contributed by atoms with van der Waals surface area (Å²) in [4.78, 5) is 25.4. The Balaban J connectivity index is 1.74. The quantitative estimate of drug-likeness (QED) is 0.881. The summed E-state index contributed by atoms with van der Waals surface area (Å²) < 4.78 is 7.26. The molecule has 0 radical (unpaired) electrons. The minimum atomic E-state index is -1.07. The van der Waals surface area contributed by atoms with E-state index in [-0.39, 0.29) is 19.7 Å². The van der Waals surface area contributed by atoms with Crippen molar-refractivity contribution >= 4 is 23.5 Å². The summed E-state index contributed by atoms with van der Waals surface area (Å²) in [6.07, 6.45) is 0. The fourth-order valence-corrected chi connectivity index (χ4v) is 3.01. The van der Waals surface area contributed by atoms with E-state index in [4.69, 9.17) is 16.3 Å². The van der Waals surface area contributed by atoms with Crippen LogP contribution in [0.1, 0.15) is 17.2 Å². The first-order valence-corrected chi connectivity index (χ1v) is 8.04. The molecule has 1 atom stereocenters. The molecule has 8 nitrogen and oxygen atoms in total. The van der Waals surface area contributed by atoms with Crippen molar-refractivity contribution < 1.29 is 19.4 Å². The van der Waals surface area contributed by atoms with Crippen molar-refractivity contribution in [3.8, 4) is 5.75 Å². The van der Waals surface area contributed by atoms with Crippen LogP contribution in [0.15, 0.2) is 18.2 Å². The zero-order chi connectivity index (χ0) is 18.1. The van der Waals surface area contributed by atoms with Gasteiger partial charge in [0.15, 0.2) is 12.4 Å².